The topological polar surface area (TPSA) is 147 Å². The number of pyridine rings is 2. The van der Waals surface area contributed by atoms with Crippen molar-refractivity contribution in [3.05, 3.63) is 104 Å². The largest absolute Gasteiger partial charge is 0.619 e. The Labute approximate surface area is 226 Å². The zero-order chi connectivity index (χ0) is 28.0. The number of benzene rings is 1. The molecule has 0 unspecified atom stereocenters. The number of amides is 2. The van der Waals surface area contributed by atoms with Crippen LogP contribution in [-0.4, -0.2) is 48.0 Å². The van der Waals surface area contributed by atoms with Crippen LogP contribution in [-0.2, 0) is 22.6 Å². The molecule has 3 aromatic rings. The summed E-state index contributed by atoms with van der Waals surface area (Å²) in [6.45, 7) is -0.285. The molecular formula is C24H20Cl2N4O8. The van der Waals surface area contributed by atoms with Gasteiger partial charge < -0.3 is 29.7 Å². The van der Waals surface area contributed by atoms with Crippen LogP contribution in [0.1, 0.15) is 31.8 Å². The molecule has 0 aliphatic carbocycles. The van der Waals surface area contributed by atoms with Crippen molar-refractivity contribution in [2.24, 2.45) is 0 Å². The van der Waals surface area contributed by atoms with Gasteiger partial charge in [-0.1, -0.05) is 35.3 Å². The van der Waals surface area contributed by atoms with E-state index in [1.54, 1.807) is 0 Å². The van der Waals surface area contributed by atoms with Crippen molar-refractivity contribution in [3.8, 4) is 0 Å². The van der Waals surface area contributed by atoms with Gasteiger partial charge >= 0.3 is 24.1 Å². The molecule has 14 heteroatoms. The van der Waals surface area contributed by atoms with E-state index in [-0.39, 0.29) is 34.3 Å². The van der Waals surface area contributed by atoms with Gasteiger partial charge in [0.2, 0.25) is 0 Å². The fourth-order valence-electron chi connectivity index (χ4n) is 3.14. The summed E-state index contributed by atoms with van der Waals surface area (Å²) < 4.78 is 10.7. The molecule has 0 saturated heterocycles. The normalized spacial score (nSPS) is 10.4. The standard InChI is InChI=1S/C24H20Cl2N4O8/c1-27(11-15-13-29(35)9-7-19(15)25)23(33)37-21(31)17-5-3-4-6-18(17)22(32)38-24(34)28(2)12-16-14-30(36)10-8-20(16)26/h3-10,13-14H,11-12H2,1-2H3. The molecule has 2 aromatic heterocycles. The minimum absolute atomic E-state index is 0.143. The Kier molecular flexibility index (Phi) is 9.05. The van der Waals surface area contributed by atoms with E-state index in [0.29, 0.717) is 20.6 Å². The zero-order valence-corrected chi connectivity index (χ0v) is 21.5. The molecule has 198 valence electrons. The Bertz CT molecular complexity index is 1300. The van der Waals surface area contributed by atoms with E-state index in [1.807, 2.05) is 0 Å². The summed E-state index contributed by atoms with van der Waals surface area (Å²) >= 11 is 12.0. The molecule has 2 heterocycles. The Hall–Kier alpha value is -4.42. The summed E-state index contributed by atoms with van der Waals surface area (Å²) in [7, 11) is 2.63. The number of rotatable bonds is 6. The first-order valence-corrected chi connectivity index (χ1v) is 11.5. The minimum atomic E-state index is -1.18. The van der Waals surface area contributed by atoms with Gasteiger partial charge in [-0.3, -0.25) is 0 Å². The summed E-state index contributed by atoms with van der Waals surface area (Å²) in [5.74, 6) is -2.35. The maximum Gasteiger partial charge on any atom is 0.417 e. The number of hydrogen-bond donors (Lipinski definition) is 0. The third kappa shape index (κ3) is 7.08. The summed E-state index contributed by atoms with van der Waals surface area (Å²) in [6, 6.07) is 7.97. The second kappa shape index (κ2) is 12.2. The van der Waals surface area contributed by atoms with Crippen molar-refractivity contribution in [1.29, 1.82) is 0 Å². The van der Waals surface area contributed by atoms with Crippen LogP contribution in [0.2, 0.25) is 10.0 Å². The van der Waals surface area contributed by atoms with Crippen molar-refractivity contribution in [1.82, 2.24) is 9.80 Å². The smallest absolute Gasteiger partial charge is 0.417 e. The maximum absolute atomic E-state index is 12.7. The lowest BCUT2D eigenvalue weighted by Crippen LogP contribution is -2.32. The van der Waals surface area contributed by atoms with E-state index >= 15 is 0 Å². The Balaban J connectivity index is 1.66. The number of carbonyl (C=O) groups is 4. The number of carbonyl (C=O) groups excluding carboxylic acids is 4. The molecule has 0 atom stereocenters. The van der Waals surface area contributed by atoms with E-state index in [9.17, 15) is 29.6 Å². The molecule has 0 spiro atoms. The third-order valence-electron chi connectivity index (χ3n) is 5.08. The van der Waals surface area contributed by atoms with Crippen molar-refractivity contribution >= 4 is 47.3 Å². The van der Waals surface area contributed by atoms with Crippen molar-refractivity contribution < 1.29 is 38.1 Å². The molecule has 0 fully saturated rings. The molecule has 1 aromatic carbocycles. The highest BCUT2D eigenvalue weighted by Crippen LogP contribution is 2.18. The number of hydrogen-bond acceptors (Lipinski definition) is 8. The van der Waals surface area contributed by atoms with E-state index in [0.717, 1.165) is 22.2 Å². The number of ether oxygens (including phenoxy) is 2. The lowest BCUT2D eigenvalue weighted by atomic mass is 10.1. The molecule has 0 saturated carbocycles. The Morgan fingerprint density at radius 1 is 0.737 bits per heavy atom. The quantitative estimate of drug-likeness (QED) is 0.192. The predicted molar refractivity (Wildman–Crippen MR) is 132 cm³/mol. The van der Waals surface area contributed by atoms with Crippen LogP contribution in [0.3, 0.4) is 0 Å². The van der Waals surface area contributed by atoms with Gasteiger partial charge in [0.05, 0.1) is 45.4 Å². The van der Waals surface area contributed by atoms with Gasteiger partial charge in [-0.15, -0.1) is 0 Å². The summed E-state index contributed by atoms with van der Waals surface area (Å²) in [5.41, 5.74) is -0.0410. The van der Waals surface area contributed by atoms with Gasteiger partial charge in [0.25, 0.3) is 0 Å². The summed E-state index contributed by atoms with van der Waals surface area (Å²) in [6.07, 6.45) is 2.53. The molecule has 2 amide bonds. The number of aromatic nitrogens is 2. The van der Waals surface area contributed by atoms with E-state index < -0.39 is 24.1 Å². The third-order valence-corrected chi connectivity index (χ3v) is 5.82. The van der Waals surface area contributed by atoms with Crippen molar-refractivity contribution in [3.63, 3.8) is 0 Å². The lowest BCUT2D eigenvalue weighted by molar-refractivity contribution is -0.606. The lowest BCUT2D eigenvalue weighted by Gasteiger charge is -2.18. The molecule has 0 aliphatic heterocycles. The van der Waals surface area contributed by atoms with Gasteiger partial charge in [-0.25, -0.2) is 19.2 Å². The monoisotopic (exact) mass is 562 g/mol. The summed E-state index contributed by atoms with van der Waals surface area (Å²) in [4.78, 5) is 52.3. The van der Waals surface area contributed by atoms with Crippen LogP contribution >= 0.6 is 23.2 Å². The van der Waals surface area contributed by atoms with E-state index in [4.69, 9.17) is 32.7 Å². The van der Waals surface area contributed by atoms with Gasteiger partial charge in [0.15, 0.2) is 24.8 Å². The van der Waals surface area contributed by atoms with Crippen LogP contribution in [0.15, 0.2) is 61.2 Å². The first-order valence-electron chi connectivity index (χ1n) is 10.7. The van der Waals surface area contributed by atoms with E-state index in [2.05, 4.69) is 0 Å². The van der Waals surface area contributed by atoms with E-state index in [1.165, 1.54) is 62.9 Å². The average Bonchev–Trinajstić information content (AvgIpc) is 2.88. The van der Waals surface area contributed by atoms with Crippen LogP contribution in [0, 0.1) is 10.4 Å². The number of nitrogens with zero attached hydrogens (tertiary/aromatic N) is 4. The SMILES string of the molecule is CN(Cc1c[n+]([O-])ccc1Cl)C(=O)OC(=O)c1ccccc1C(=O)OC(=O)N(C)Cc1c[n+]([O-])ccc1Cl. The van der Waals surface area contributed by atoms with Gasteiger partial charge in [-0.05, 0) is 12.1 Å². The zero-order valence-electron chi connectivity index (χ0n) is 20.0. The molecule has 0 N–H and O–H groups in total. The number of esters is 2. The average molecular weight is 563 g/mol. The molecular weight excluding hydrogens is 543 g/mol. The summed E-state index contributed by atoms with van der Waals surface area (Å²) in [5, 5.41) is 23.4. The Morgan fingerprint density at radius 3 is 1.47 bits per heavy atom. The molecule has 12 nitrogen and oxygen atoms in total. The maximum atomic E-state index is 12.7. The van der Waals surface area contributed by atoms with Crippen LogP contribution in [0.25, 0.3) is 0 Å². The molecule has 0 aliphatic rings. The molecule has 0 radical (unpaired) electrons. The van der Waals surface area contributed by atoms with Crippen molar-refractivity contribution in [2.45, 2.75) is 13.1 Å². The molecule has 38 heavy (non-hydrogen) atoms. The second-order valence-electron chi connectivity index (χ2n) is 7.92. The van der Waals surface area contributed by atoms with Crippen molar-refractivity contribution in [2.75, 3.05) is 14.1 Å². The second-order valence-corrected chi connectivity index (χ2v) is 8.74. The minimum Gasteiger partial charge on any atom is -0.619 e. The van der Waals surface area contributed by atoms with Gasteiger partial charge in [0.1, 0.15) is 0 Å². The highest BCUT2D eigenvalue weighted by molar-refractivity contribution is 6.31. The molecule has 0 bridgehead atoms. The first-order chi connectivity index (χ1) is 18.0. The fourth-order valence-corrected chi connectivity index (χ4v) is 3.47. The van der Waals surface area contributed by atoms with Gasteiger partial charge in [0, 0.05) is 26.2 Å². The van der Waals surface area contributed by atoms with Crippen LogP contribution in [0.5, 0.6) is 0 Å². The van der Waals surface area contributed by atoms with Crippen LogP contribution in [0.4, 0.5) is 9.59 Å². The Morgan fingerprint density at radius 2 is 1.11 bits per heavy atom. The highest BCUT2D eigenvalue weighted by atomic mass is 35.5. The van der Waals surface area contributed by atoms with Crippen LogP contribution < -0.4 is 9.46 Å². The highest BCUT2D eigenvalue weighted by Gasteiger charge is 2.26. The number of halogens is 2. The predicted octanol–water partition coefficient (Wildman–Crippen LogP) is 3.08. The molecule has 3 rings (SSSR count). The fraction of sp³-hybridized carbons (Fsp3) is 0.167. The van der Waals surface area contributed by atoms with Gasteiger partial charge in [-0.2, -0.15) is 9.46 Å². The first kappa shape index (κ1) is 28.2.